The standard InChI is InChI=1S/C21H33Cl2N5O.HI/c1-14(2)16(10-15-4-5-17(22)11-19(15)23)12-26-21(25-3)27-18-6-8-28(9-7-18)13-20(24)29;/h4-5,11,14,16,18H,6-10,12-13H2,1-3H3,(H2,24,29)(H2,25,26,27);1H. The Hall–Kier alpha value is -0.770. The number of carbonyl (C=O) groups excluding carboxylic acids is 1. The number of nitrogens with zero attached hydrogens (tertiary/aromatic N) is 2. The first kappa shape index (κ1) is 27.3. The molecule has 170 valence electrons. The largest absolute Gasteiger partial charge is 0.369 e. The summed E-state index contributed by atoms with van der Waals surface area (Å²) in [7, 11) is 1.79. The van der Waals surface area contributed by atoms with E-state index in [1.54, 1.807) is 13.1 Å². The van der Waals surface area contributed by atoms with E-state index in [0.29, 0.717) is 34.5 Å². The van der Waals surface area contributed by atoms with E-state index in [2.05, 4.69) is 34.4 Å². The molecule has 30 heavy (non-hydrogen) atoms. The van der Waals surface area contributed by atoms with Crippen molar-refractivity contribution in [2.75, 3.05) is 33.2 Å². The highest BCUT2D eigenvalue weighted by Gasteiger charge is 2.22. The fourth-order valence-electron chi connectivity index (χ4n) is 3.58. The van der Waals surface area contributed by atoms with Gasteiger partial charge in [0.25, 0.3) is 0 Å². The third kappa shape index (κ3) is 9.16. The smallest absolute Gasteiger partial charge is 0.231 e. The van der Waals surface area contributed by atoms with Crippen molar-refractivity contribution in [3.8, 4) is 0 Å². The number of guanidine groups is 1. The number of aliphatic imine (C=N–C) groups is 1. The molecule has 0 aromatic heterocycles. The number of hydrogen-bond acceptors (Lipinski definition) is 3. The summed E-state index contributed by atoms with van der Waals surface area (Å²) in [6.45, 7) is 7.31. The predicted molar refractivity (Wildman–Crippen MR) is 137 cm³/mol. The average molecular weight is 570 g/mol. The van der Waals surface area contributed by atoms with Crippen LogP contribution in [0.15, 0.2) is 23.2 Å². The first-order valence-corrected chi connectivity index (χ1v) is 11.0. The first-order chi connectivity index (χ1) is 13.8. The van der Waals surface area contributed by atoms with Crippen LogP contribution in [-0.4, -0.2) is 56.0 Å². The summed E-state index contributed by atoms with van der Waals surface area (Å²) in [5.41, 5.74) is 6.40. The molecule has 1 amide bonds. The number of rotatable bonds is 8. The van der Waals surface area contributed by atoms with Gasteiger partial charge in [-0.25, -0.2) is 0 Å². The van der Waals surface area contributed by atoms with E-state index in [4.69, 9.17) is 28.9 Å². The predicted octanol–water partition coefficient (Wildman–Crippen LogP) is 3.54. The van der Waals surface area contributed by atoms with Crippen LogP contribution in [0.4, 0.5) is 0 Å². The molecule has 1 aliphatic heterocycles. The number of likely N-dealkylation sites (tertiary alicyclic amines) is 1. The van der Waals surface area contributed by atoms with E-state index >= 15 is 0 Å². The van der Waals surface area contributed by atoms with Crippen molar-refractivity contribution < 1.29 is 4.79 Å². The van der Waals surface area contributed by atoms with E-state index < -0.39 is 0 Å². The zero-order valence-electron chi connectivity index (χ0n) is 18.0. The van der Waals surface area contributed by atoms with Crippen molar-refractivity contribution in [1.29, 1.82) is 0 Å². The molecule has 0 saturated carbocycles. The first-order valence-electron chi connectivity index (χ1n) is 10.2. The monoisotopic (exact) mass is 569 g/mol. The van der Waals surface area contributed by atoms with E-state index in [1.807, 2.05) is 12.1 Å². The molecule has 0 bridgehead atoms. The number of nitrogens with two attached hydrogens (primary N) is 1. The third-order valence-corrected chi connectivity index (χ3v) is 6.09. The van der Waals surface area contributed by atoms with Gasteiger partial charge in [-0.3, -0.25) is 14.7 Å². The van der Waals surface area contributed by atoms with E-state index in [9.17, 15) is 4.79 Å². The lowest BCUT2D eigenvalue weighted by molar-refractivity contribution is -0.119. The Morgan fingerprint density at radius 2 is 1.97 bits per heavy atom. The van der Waals surface area contributed by atoms with Crippen LogP contribution in [0.3, 0.4) is 0 Å². The minimum absolute atomic E-state index is 0. The number of benzene rings is 1. The summed E-state index contributed by atoms with van der Waals surface area (Å²) in [5, 5.41) is 8.36. The molecule has 4 N–H and O–H groups in total. The van der Waals surface area contributed by atoms with Gasteiger partial charge in [-0.05, 0) is 48.8 Å². The molecule has 1 aromatic rings. The third-order valence-electron chi connectivity index (χ3n) is 5.50. The molecule has 1 aromatic carbocycles. The Labute approximate surface area is 207 Å². The van der Waals surface area contributed by atoms with Gasteiger partial charge < -0.3 is 16.4 Å². The minimum Gasteiger partial charge on any atom is -0.369 e. The van der Waals surface area contributed by atoms with Gasteiger partial charge in [0, 0.05) is 42.8 Å². The maximum absolute atomic E-state index is 11.1. The SMILES string of the molecule is CN=C(NCC(Cc1ccc(Cl)cc1Cl)C(C)C)NC1CCN(CC(N)=O)CC1.I. The van der Waals surface area contributed by atoms with E-state index in [1.165, 1.54) is 0 Å². The molecule has 1 fully saturated rings. The number of hydrogen-bond donors (Lipinski definition) is 3. The highest BCUT2D eigenvalue weighted by molar-refractivity contribution is 14.0. The summed E-state index contributed by atoms with van der Waals surface area (Å²) in [6.07, 6.45) is 2.80. The fourth-order valence-corrected chi connectivity index (χ4v) is 4.07. The molecule has 1 unspecified atom stereocenters. The number of primary amides is 1. The van der Waals surface area contributed by atoms with Gasteiger partial charge in [0.1, 0.15) is 0 Å². The zero-order chi connectivity index (χ0) is 21.4. The lowest BCUT2D eigenvalue weighted by Crippen LogP contribution is -2.50. The highest BCUT2D eigenvalue weighted by Crippen LogP contribution is 2.25. The molecule has 0 spiro atoms. The average Bonchev–Trinajstić information content (AvgIpc) is 2.66. The summed E-state index contributed by atoms with van der Waals surface area (Å²) in [6, 6.07) is 6.04. The maximum Gasteiger partial charge on any atom is 0.231 e. The van der Waals surface area contributed by atoms with Crippen LogP contribution in [0.25, 0.3) is 0 Å². The normalized spacial score (nSPS) is 16.8. The summed E-state index contributed by atoms with van der Waals surface area (Å²) >= 11 is 12.4. The second-order valence-electron chi connectivity index (χ2n) is 8.06. The quantitative estimate of drug-likeness (QED) is 0.254. The van der Waals surface area contributed by atoms with Gasteiger partial charge in [-0.15, -0.1) is 24.0 Å². The van der Waals surface area contributed by atoms with Crippen molar-refractivity contribution in [2.24, 2.45) is 22.6 Å². The van der Waals surface area contributed by atoms with Gasteiger partial charge in [0.15, 0.2) is 5.96 Å². The molecule has 9 heteroatoms. The van der Waals surface area contributed by atoms with E-state index in [-0.39, 0.29) is 29.9 Å². The molecule has 1 saturated heterocycles. The molecule has 1 atom stereocenters. The second-order valence-corrected chi connectivity index (χ2v) is 8.90. The van der Waals surface area contributed by atoms with Crippen molar-refractivity contribution in [3.05, 3.63) is 33.8 Å². The topological polar surface area (TPSA) is 82.8 Å². The van der Waals surface area contributed by atoms with Crippen LogP contribution in [0.2, 0.25) is 10.0 Å². The Kier molecular flexibility index (Phi) is 12.4. The Bertz CT molecular complexity index is 709. The van der Waals surface area contributed by atoms with Crippen LogP contribution in [0.5, 0.6) is 0 Å². The molecular formula is C21H34Cl2IN5O. The molecule has 1 heterocycles. The van der Waals surface area contributed by atoms with Crippen molar-refractivity contribution in [2.45, 2.75) is 39.2 Å². The zero-order valence-corrected chi connectivity index (χ0v) is 21.8. The van der Waals surface area contributed by atoms with Crippen molar-refractivity contribution in [3.63, 3.8) is 0 Å². The van der Waals surface area contributed by atoms with Crippen LogP contribution in [0, 0.1) is 11.8 Å². The number of piperidine rings is 1. The summed E-state index contributed by atoms with van der Waals surface area (Å²) < 4.78 is 0. The van der Waals surface area contributed by atoms with E-state index in [0.717, 1.165) is 50.4 Å². The highest BCUT2D eigenvalue weighted by atomic mass is 127. The molecule has 1 aliphatic rings. The van der Waals surface area contributed by atoms with Crippen LogP contribution < -0.4 is 16.4 Å². The summed E-state index contributed by atoms with van der Waals surface area (Å²) in [4.78, 5) is 17.5. The maximum atomic E-state index is 11.1. The number of amides is 1. The summed E-state index contributed by atoms with van der Waals surface area (Å²) in [5.74, 6) is 1.44. The van der Waals surface area contributed by atoms with Crippen LogP contribution in [-0.2, 0) is 11.2 Å². The fraction of sp³-hybridized carbons (Fsp3) is 0.619. The molecule has 2 rings (SSSR count). The Morgan fingerprint density at radius 1 is 1.30 bits per heavy atom. The minimum atomic E-state index is -0.269. The van der Waals surface area contributed by atoms with Crippen LogP contribution >= 0.6 is 47.2 Å². The van der Waals surface area contributed by atoms with Gasteiger partial charge in [-0.1, -0.05) is 43.1 Å². The Morgan fingerprint density at radius 3 is 2.50 bits per heavy atom. The van der Waals surface area contributed by atoms with Gasteiger partial charge in [0.2, 0.25) is 5.91 Å². The molecule has 0 aliphatic carbocycles. The number of carbonyl (C=O) groups is 1. The van der Waals surface area contributed by atoms with Gasteiger partial charge >= 0.3 is 0 Å². The number of nitrogens with one attached hydrogen (secondary N) is 2. The molecular weight excluding hydrogens is 536 g/mol. The van der Waals surface area contributed by atoms with Crippen molar-refractivity contribution >= 4 is 59.0 Å². The molecule has 6 nitrogen and oxygen atoms in total. The number of halogens is 3. The van der Waals surface area contributed by atoms with Crippen LogP contribution in [0.1, 0.15) is 32.3 Å². The Balaban J connectivity index is 0.00000450. The lowest BCUT2D eigenvalue weighted by Gasteiger charge is -2.32. The van der Waals surface area contributed by atoms with Gasteiger partial charge in [-0.2, -0.15) is 0 Å². The second kappa shape index (κ2) is 13.6. The molecule has 0 radical (unpaired) electrons. The lowest BCUT2D eigenvalue weighted by atomic mass is 9.89. The van der Waals surface area contributed by atoms with Gasteiger partial charge in [0.05, 0.1) is 6.54 Å². The van der Waals surface area contributed by atoms with Crippen molar-refractivity contribution in [1.82, 2.24) is 15.5 Å².